The first-order valence-electron chi connectivity index (χ1n) is 9.35. The maximum Gasteiger partial charge on any atom is 0.253 e. The summed E-state index contributed by atoms with van der Waals surface area (Å²) in [6.45, 7) is 6.47. The summed E-state index contributed by atoms with van der Waals surface area (Å²) < 4.78 is 1.93. The van der Waals surface area contributed by atoms with Crippen LogP contribution in [0.4, 0.5) is 0 Å². The Hall–Kier alpha value is -2.92. The number of imidazole rings is 1. The number of hydrogen-bond donors (Lipinski definition) is 0. The van der Waals surface area contributed by atoms with E-state index in [0.29, 0.717) is 0 Å². The fourth-order valence-corrected chi connectivity index (χ4v) is 3.51. The van der Waals surface area contributed by atoms with Crippen molar-refractivity contribution in [1.29, 1.82) is 0 Å². The van der Waals surface area contributed by atoms with Gasteiger partial charge in [-0.1, -0.05) is 24.3 Å². The molecule has 138 valence electrons. The minimum Gasteiger partial charge on any atom is -0.336 e. The molecule has 0 N–H and O–H groups in total. The molecule has 1 aromatic heterocycles. The highest BCUT2D eigenvalue weighted by Gasteiger charge is 2.22. The van der Waals surface area contributed by atoms with E-state index in [1.165, 1.54) is 11.1 Å². The van der Waals surface area contributed by atoms with Gasteiger partial charge in [0.05, 0.1) is 6.33 Å². The van der Waals surface area contributed by atoms with Crippen molar-refractivity contribution in [3.05, 3.63) is 83.9 Å². The summed E-state index contributed by atoms with van der Waals surface area (Å²) in [6, 6.07) is 16.2. The minimum absolute atomic E-state index is 0.114. The normalized spacial score (nSPS) is 15.1. The van der Waals surface area contributed by atoms with Crippen molar-refractivity contribution in [3.63, 3.8) is 0 Å². The number of carbonyl (C=O) groups is 1. The third-order valence-electron chi connectivity index (χ3n) is 5.23. The molecule has 0 unspecified atom stereocenters. The lowest BCUT2D eigenvalue weighted by Crippen LogP contribution is -2.48. The zero-order chi connectivity index (χ0) is 18.6. The molecule has 27 heavy (non-hydrogen) atoms. The van der Waals surface area contributed by atoms with Crippen LogP contribution in [0.3, 0.4) is 0 Å². The van der Waals surface area contributed by atoms with Crippen LogP contribution in [0, 0.1) is 6.92 Å². The first-order chi connectivity index (χ1) is 13.2. The topological polar surface area (TPSA) is 41.4 Å². The third-order valence-corrected chi connectivity index (χ3v) is 5.23. The second kappa shape index (κ2) is 7.76. The molecule has 1 saturated heterocycles. The molecule has 0 radical (unpaired) electrons. The van der Waals surface area contributed by atoms with Crippen LogP contribution < -0.4 is 0 Å². The quantitative estimate of drug-likeness (QED) is 0.718. The van der Waals surface area contributed by atoms with E-state index in [1.54, 1.807) is 12.5 Å². The highest BCUT2D eigenvalue weighted by Crippen LogP contribution is 2.15. The van der Waals surface area contributed by atoms with Gasteiger partial charge in [0, 0.05) is 56.4 Å². The SMILES string of the molecule is Cc1ccccc1CN1CCN(C(=O)c2ccc(-n3ccnc3)cc2)CC1. The fraction of sp³-hybridized carbons (Fsp3) is 0.273. The summed E-state index contributed by atoms with van der Waals surface area (Å²) in [5, 5.41) is 0. The number of hydrogen-bond acceptors (Lipinski definition) is 3. The molecule has 1 fully saturated rings. The van der Waals surface area contributed by atoms with Gasteiger partial charge < -0.3 is 9.47 Å². The Morgan fingerprint density at radius 1 is 1.00 bits per heavy atom. The molecule has 0 atom stereocenters. The minimum atomic E-state index is 0.114. The molecule has 0 spiro atoms. The number of piperazine rings is 1. The summed E-state index contributed by atoms with van der Waals surface area (Å²) in [5.41, 5.74) is 4.44. The van der Waals surface area contributed by atoms with Crippen LogP contribution in [0.1, 0.15) is 21.5 Å². The molecular formula is C22H24N4O. The second-order valence-corrected chi connectivity index (χ2v) is 7.01. The van der Waals surface area contributed by atoms with Crippen LogP contribution in [-0.2, 0) is 6.54 Å². The van der Waals surface area contributed by atoms with Gasteiger partial charge in [0.25, 0.3) is 5.91 Å². The van der Waals surface area contributed by atoms with Crippen molar-refractivity contribution < 1.29 is 4.79 Å². The molecule has 5 heteroatoms. The van der Waals surface area contributed by atoms with Crippen LogP contribution in [-0.4, -0.2) is 51.4 Å². The summed E-state index contributed by atoms with van der Waals surface area (Å²) in [7, 11) is 0. The number of benzene rings is 2. The molecule has 0 aliphatic carbocycles. The van der Waals surface area contributed by atoms with Crippen molar-refractivity contribution in [2.75, 3.05) is 26.2 Å². The first-order valence-corrected chi connectivity index (χ1v) is 9.35. The largest absolute Gasteiger partial charge is 0.336 e. The van der Waals surface area contributed by atoms with Gasteiger partial charge in [0.2, 0.25) is 0 Å². The van der Waals surface area contributed by atoms with E-state index >= 15 is 0 Å². The number of nitrogens with zero attached hydrogens (tertiary/aromatic N) is 4. The monoisotopic (exact) mass is 360 g/mol. The Labute approximate surface area is 159 Å². The van der Waals surface area contributed by atoms with Gasteiger partial charge in [0.15, 0.2) is 0 Å². The summed E-state index contributed by atoms with van der Waals surface area (Å²) in [5.74, 6) is 0.114. The fourth-order valence-electron chi connectivity index (χ4n) is 3.51. The summed E-state index contributed by atoms with van der Waals surface area (Å²) >= 11 is 0. The van der Waals surface area contributed by atoms with E-state index in [1.807, 2.05) is 39.9 Å². The van der Waals surface area contributed by atoms with Gasteiger partial charge in [0.1, 0.15) is 0 Å². The van der Waals surface area contributed by atoms with Gasteiger partial charge in [-0.05, 0) is 42.3 Å². The van der Waals surface area contributed by atoms with Crippen molar-refractivity contribution >= 4 is 5.91 Å². The number of rotatable bonds is 4. The number of aromatic nitrogens is 2. The summed E-state index contributed by atoms with van der Waals surface area (Å²) in [4.78, 5) is 21.2. The Balaban J connectivity index is 1.35. The van der Waals surface area contributed by atoms with Gasteiger partial charge in [-0.15, -0.1) is 0 Å². The van der Waals surface area contributed by atoms with Crippen LogP contribution >= 0.6 is 0 Å². The maximum atomic E-state index is 12.8. The molecule has 1 amide bonds. The van der Waals surface area contributed by atoms with Crippen LogP contribution in [0.2, 0.25) is 0 Å². The third kappa shape index (κ3) is 3.93. The van der Waals surface area contributed by atoms with Crippen LogP contribution in [0.5, 0.6) is 0 Å². The Morgan fingerprint density at radius 2 is 1.74 bits per heavy atom. The van der Waals surface area contributed by atoms with Crippen molar-refractivity contribution in [1.82, 2.24) is 19.4 Å². The molecule has 0 bridgehead atoms. The molecular weight excluding hydrogens is 336 g/mol. The standard InChI is InChI=1S/C22H24N4O/c1-18-4-2-3-5-20(18)16-24-12-14-25(15-13-24)22(27)19-6-8-21(9-7-19)26-11-10-23-17-26/h2-11,17H,12-16H2,1H3. The molecule has 1 aliphatic heterocycles. The molecule has 1 aliphatic rings. The average molecular weight is 360 g/mol. The van der Waals surface area contributed by atoms with Crippen molar-refractivity contribution in [2.45, 2.75) is 13.5 Å². The average Bonchev–Trinajstić information content (AvgIpc) is 3.25. The van der Waals surface area contributed by atoms with E-state index in [9.17, 15) is 4.79 Å². The molecule has 5 nitrogen and oxygen atoms in total. The second-order valence-electron chi connectivity index (χ2n) is 7.01. The number of aryl methyl sites for hydroxylation is 1. The predicted molar refractivity (Wildman–Crippen MR) is 106 cm³/mol. The number of carbonyl (C=O) groups excluding carboxylic acids is 1. The van der Waals surface area contributed by atoms with Crippen molar-refractivity contribution in [3.8, 4) is 5.69 Å². The smallest absolute Gasteiger partial charge is 0.253 e. The Morgan fingerprint density at radius 3 is 2.41 bits per heavy atom. The molecule has 2 heterocycles. The molecule has 3 aromatic rings. The lowest BCUT2D eigenvalue weighted by Gasteiger charge is -2.35. The first kappa shape index (κ1) is 17.5. The van der Waals surface area contributed by atoms with Crippen molar-refractivity contribution in [2.24, 2.45) is 0 Å². The maximum absolute atomic E-state index is 12.8. The molecule has 2 aromatic carbocycles. The molecule has 0 saturated carbocycles. The zero-order valence-corrected chi connectivity index (χ0v) is 15.6. The lowest BCUT2D eigenvalue weighted by molar-refractivity contribution is 0.0628. The Kier molecular flexibility index (Phi) is 5.03. The zero-order valence-electron chi connectivity index (χ0n) is 15.6. The van der Waals surface area contributed by atoms with Gasteiger partial charge in [-0.25, -0.2) is 4.98 Å². The van der Waals surface area contributed by atoms with Gasteiger partial charge in [-0.3, -0.25) is 9.69 Å². The van der Waals surface area contributed by atoms with E-state index in [0.717, 1.165) is 44.0 Å². The highest BCUT2D eigenvalue weighted by atomic mass is 16.2. The highest BCUT2D eigenvalue weighted by molar-refractivity contribution is 5.94. The number of amides is 1. The van der Waals surface area contributed by atoms with E-state index in [2.05, 4.69) is 41.1 Å². The van der Waals surface area contributed by atoms with Gasteiger partial charge >= 0.3 is 0 Å². The van der Waals surface area contributed by atoms with E-state index in [4.69, 9.17) is 0 Å². The predicted octanol–water partition coefficient (Wildman–Crippen LogP) is 3.14. The lowest BCUT2D eigenvalue weighted by atomic mass is 10.1. The van der Waals surface area contributed by atoms with Crippen LogP contribution in [0.15, 0.2) is 67.3 Å². The van der Waals surface area contributed by atoms with Gasteiger partial charge in [-0.2, -0.15) is 0 Å². The van der Waals surface area contributed by atoms with E-state index in [-0.39, 0.29) is 5.91 Å². The Bertz CT molecular complexity index is 894. The van der Waals surface area contributed by atoms with E-state index < -0.39 is 0 Å². The summed E-state index contributed by atoms with van der Waals surface area (Å²) in [6.07, 6.45) is 5.39. The van der Waals surface area contributed by atoms with Crippen LogP contribution in [0.25, 0.3) is 5.69 Å². The molecule has 4 rings (SSSR count).